The Bertz CT molecular complexity index is 1180. The lowest BCUT2D eigenvalue weighted by atomic mass is 10.2. The molecule has 0 unspecified atom stereocenters. The molecule has 3 aromatic rings. The standard InChI is InChI=1S/C23H18ClN3O4/c1-14-5-2-3-7-18(14)27-22(29)19(24)20(23(27)30)26-16-10-8-15(9-11-16)21(28)25-13-17-6-4-12-31-17/h2-12,26H,13H2,1H3,(H,25,28). The van der Waals surface area contributed by atoms with Gasteiger partial charge in [-0.05, 0) is 55.0 Å². The number of benzene rings is 2. The monoisotopic (exact) mass is 435 g/mol. The van der Waals surface area contributed by atoms with Gasteiger partial charge in [-0.15, -0.1) is 0 Å². The first kappa shape index (κ1) is 20.4. The number of hydrogen-bond donors (Lipinski definition) is 2. The van der Waals surface area contributed by atoms with Gasteiger partial charge in [0.05, 0.1) is 18.5 Å². The van der Waals surface area contributed by atoms with E-state index in [1.807, 2.05) is 19.1 Å². The molecule has 4 rings (SSSR count). The summed E-state index contributed by atoms with van der Waals surface area (Å²) in [5.41, 5.74) is 2.21. The molecule has 31 heavy (non-hydrogen) atoms. The van der Waals surface area contributed by atoms with Gasteiger partial charge < -0.3 is 15.1 Å². The molecule has 0 atom stereocenters. The van der Waals surface area contributed by atoms with Crippen molar-refractivity contribution in [1.29, 1.82) is 0 Å². The molecule has 8 heteroatoms. The number of rotatable bonds is 6. The second-order valence-electron chi connectivity index (χ2n) is 6.89. The molecular formula is C23H18ClN3O4. The molecule has 1 aliphatic heterocycles. The molecule has 0 fully saturated rings. The largest absolute Gasteiger partial charge is 0.467 e. The fourth-order valence-corrected chi connectivity index (χ4v) is 3.39. The second kappa shape index (κ2) is 8.49. The van der Waals surface area contributed by atoms with E-state index < -0.39 is 11.8 Å². The van der Waals surface area contributed by atoms with Crippen molar-refractivity contribution in [2.75, 3.05) is 10.2 Å². The average Bonchev–Trinajstić information content (AvgIpc) is 3.37. The summed E-state index contributed by atoms with van der Waals surface area (Å²) in [6, 6.07) is 17.1. The van der Waals surface area contributed by atoms with Crippen molar-refractivity contribution in [3.05, 3.63) is 94.5 Å². The Morgan fingerprint density at radius 2 is 1.74 bits per heavy atom. The van der Waals surface area contributed by atoms with Crippen LogP contribution in [0.3, 0.4) is 0 Å². The van der Waals surface area contributed by atoms with Gasteiger partial charge in [-0.3, -0.25) is 14.4 Å². The molecule has 2 N–H and O–H groups in total. The van der Waals surface area contributed by atoms with Gasteiger partial charge in [0.1, 0.15) is 16.5 Å². The summed E-state index contributed by atoms with van der Waals surface area (Å²) in [6.07, 6.45) is 1.54. The molecule has 0 spiro atoms. The lowest BCUT2D eigenvalue weighted by Gasteiger charge is -2.17. The highest BCUT2D eigenvalue weighted by atomic mass is 35.5. The van der Waals surface area contributed by atoms with Gasteiger partial charge in [0, 0.05) is 11.3 Å². The Morgan fingerprint density at radius 1 is 1.00 bits per heavy atom. The molecule has 0 radical (unpaired) electrons. The van der Waals surface area contributed by atoms with E-state index in [-0.39, 0.29) is 23.2 Å². The predicted molar refractivity (Wildman–Crippen MR) is 116 cm³/mol. The van der Waals surface area contributed by atoms with Crippen LogP contribution in [0.15, 0.2) is 82.1 Å². The molecule has 2 aromatic carbocycles. The number of carbonyl (C=O) groups excluding carboxylic acids is 3. The zero-order chi connectivity index (χ0) is 22.0. The summed E-state index contributed by atoms with van der Waals surface area (Å²) in [5, 5.41) is 5.47. The van der Waals surface area contributed by atoms with Gasteiger partial charge in [0.15, 0.2) is 0 Å². The SMILES string of the molecule is Cc1ccccc1N1C(=O)C(Cl)=C(Nc2ccc(C(=O)NCc3ccco3)cc2)C1=O. The van der Waals surface area contributed by atoms with Crippen LogP contribution in [0.5, 0.6) is 0 Å². The third-order valence-corrected chi connectivity index (χ3v) is 5.15. The molecule has 0 bridgehead atoms. The first-order valence-electron chi connectivity index (χ1n) is 9.47. The predicted octanol–water partition coefficient (Wildman–Crippen LogP) is 3.95. The fraction of sp³-hybridized carbons (Fsp3) is 0.0870. The minimum atomic E-state index is -0.586. The molecule has 0 saturated carbocycles. The first-order valence-corrected chi connectivity index (χ1v) is 9.85. The third kappa shape index (κ3) is 4.08. The van der Waals surface area contributed by atoms with Gasteiger partial charge in [0.25, 0.3) is 17.7 Å². The summed E-state index contributed by atoms with van der Waals surface area (Å²) >= 11 is 6.17. The van der Waals surface area contributed by atoms with Crippen molar-refractivity contribution in [3.63, 3.8) is 0 Å². The molecule has 3 amide bonds. The molecule has 0 saturated heterocycles. The van der Waals surface area contributed by atoms with Crippen molar-refractivity contribution >= 4 is 40.7 Å². The fourth-order valence-electron chi connectivity index (χ4n) is 3.18. The Hall–Kier alpha value is -3.84. The van der Waals surface area contributed by atoms with Gasteiger partial charge in [0.2, 0.25) is 0 Å². The minimum absolute atomic E-state index is 0.00931. The topological polar surface area (TPSA) is 91.7 Å². The van der Waals surface area contributed by atoms with Crippen LogP contribution < -0.4 is 15.5 Å². The zero-order valence-electron chi connectivity index (χ0n) is 16.5. The Labute approximate surface area is 183 Å². The number of aryl methyl sites for hydroxylation is 1. The third-order valence-electron chi connectivity index (χ3n) is 4.80. The summed E-state index contributed by atoms with van der Waals surface area (Å²) in [5.74, 6) is -0.740. The van der Waals surface area contributed by atoms with E-state index >= 15 is 0 Å². The number of hydrogen-bond acceptors (Lipinski definition) is 5. The lowest BCUT2D eigenvalue weighted by Crippen LogP contribution is -2.32. The van der Waals surface area contributed by atoms with E-state index in [1.165, 1.54) is 6.26 Å². The van der Waals surface area contributed by atoms with Crippen LogP contribution in [0.4, 0.5) is 11.4 Å². The van der Waals surface area contributed by atoms with Crippen LogP contribution >= 0.6 is 11.6 Å². The molecule has 7 nitrogen and oxygen atoms in total. The molecule has 2 heterocycles. The molecule has 1 aromatic heterocycles. The van der Waals surface area contributed by atoms with E-state index in [0.717, 1.165) is 10.5 Å². The van der Waals surface area contributed by atoms with Crippen LogP contribution in [-0.2, 0) is 16.1 Å². The normalized spacial score (nSPS) is 13.7. The van der Waals surface area contributed by atoms with E-state index in [9.17, 15) is 14.4 Å². The molecule has 0 aliphatic carbocycles. The second-order valence-corrected chi connectivity index (χ2v) is 7.26. The number of halogens is 1. The van der Waals surface area contributed by atoms with Gasteiger partial charge in [-0.2, -0.15) is 0 Å². The Balaban J connectivity index is 1.46. The lowest BCUT2D eigenvalue weighted by molar-refractivity contribution is -0.120. The van der Waals surface area contributed by atoms with Crippen molar-refractivity contribution in [3.8, 4) is 0 Å². The summed E-state index contributed by atoms with van der Waals surface area (Å²) in [4.78, 5) is 38.8. The van der Waals surface area contributed by atoms with E-state index in [4.69, 9.17) is 16.0 Å². The smallest absolute Gasteiger partial charge is 0.283 e. The summed E-state index contributed by atoms with van der Waals surface area (Å²) in [7, 11) is 0. The maximum absolute atomic E-state index is 12.9. The van der Waals surface area contributed by atoms with Crippen LogP contribution in [0, 0.1) is 6.92 Å². The Morgan fingerprint density at radius 3 is 2.42 bits per heavy atom. The zero-order valence-corrected chi connectivity index (χ0v) is 17.3. The van der Waals surface area contributed by atoms with Crippen LogP contribution in [-0.4, -0.2) is 17.7 Å². The van der Waals surface area contributed by atoms with Crippen molar-refractivity contribution < 1.29 is 18.8 Å². The number of furan rings is 1. The number of para-hydroxylation sites is 1. The maximum Gasteiger partial charge on any atom is 0.283 e. The minimum Gasteiger partial charge on any atom is -0.467 e. The number of carbonyl (C=O) groups is 3. The summed E-state index contributed by atoms with van der Waals surface area (Å²) in [6.45, 7) is 2.09. The summed E-state index contributed by atoms with van der Waals surface area (Å²) < 4.78 is 5.18. The maximum atomic E-state index is 12.9. The number of anilines is 2. The molecule has 156 valence electrons. The van der Waals surface area contributed by atoms with Crippen LogP contribution in [0.1, 0.15) is 21.7 Å². The van der Waals surface area contributed by atoms with Crippen LogP contribution in [0.2, 0.25) is 0 Å². The van der Waals surface area contributed by atoms with E-state index in [0.29, 0.717) is 22.7 Å². The van der Waals surface area contributed by atoms with Crippen molar-refractivity contribution in [1.82, 2.24) is 5.32 Å². The van der Waals surface area contributed by atoms with Gasteiger partial charge in [-0.25, -0.2) is 4.90 Å². The van der Waals surface area contributed by atoms with Crippen molar-refractivity contribution in [2.45, 2.75) is 13.5 Å². The van der Waals surface area contributed by atoms with E-state index in [1.54, 1.807) is 48.5 Å². The highest BCUT2D eigenvalue weighted by molar-refractivity contribution is 6.53. The molecule has 1 aliphatic rings. The average molecular weight is 436 g/mol. The van der Waals surface area contributed by atoms with Crippen molar-refractivity contribution in [2.24, 2.45) is 0 Å². The highest BCUT2D eigenvalue weighted by Gasteiger charge is 2.39. The number of nitrogens with one attached hydrogen (secondary N) is 2. The molecular weight excluding hydrogens is 418 g/mol. The quantitative estimate of drug-likeness (QED) is 0.572. The first-order chi connectivity index (χ1) is 15.0. The van der Waals surface area contributed by atoms with Gasteiger partial charge >= 0.3 is 0 Å². The Kier molecular flexibility index (Phi) is 5.60. The van der Waals surface area contributed by atoms with Gasteiger partial charge in [-0.1, -0.05) is 29.8 Å². The van der Waals surface area contributed by atoms with Crippen LogP contribution in [0.25, 0.3) is 0 Å². The highest BCUT2D eigenvalue weighted by Crippen LogP contribution is 2.31. The number of amides is 3. The number of nitrogens with zero attached hydrogens (tertiary/aromatic N) is 1. The number of imide groups is 1. The van der Waals surface area contributed by atoms with E-state index in [2.05, 4.69) is 10.6 Å².